The van der Waals surface area contributed by atoms with Crippen molar-refractivity contribution in [1.29, 1.82) is 0 Å². The molecule has 0 radical (unpaired) electrons. The van der Waals surface area contributed by atoms with Crippen molar-refractivity contribution in [1.82, 2.24) is 0 Å². The van der Waals surface area contributed by atoms with Crippen LogP contribution in [0, 0.1) is 21.7 Å². The van der Waals surface area contributed by atoms with Crippen molar-refractivity contribution in [3.8, 4) is 5.75 Å². The summed E-state index contributed by atoms with van der Waals surface area (Å²) in [6.07, 6.45) is -0.686. The predicted molar refractivity (Wildman–Crippen MR) is 79.2 cm³/mol. The minimum Gasteiger partial charge on any atom is -0.479 e. The van der Waals surface area contributed by atoms with Gasteiger partial charge >= 0.3 is 5.69 Å². The van der Waals surface area contributed by atoms with Crippen LogP contribution in [0.2, 0.25) is 0 Å². The van der Waals surface area contributed by atoms with E-state index in [-0.39, 0.29) is 6.61 Å². The number of hydrogen-bond acceptors (Lipinski definition) is 4. The number of nitrogens with zero attached hydrogens (tertiary/aromatic N) is 1. The number of hydrogen-bond donors (Lipinski definition) is 0. The van der Waals surface area contributed by atoms with Crippen LogP contribution in [-0.4, -0.2) is 17.6 Å². The van der Waals surface area contributed by atoms with Crippen LogP contribution in [0.25, 0.3) is 0 Å². The maximum Gasteiger partial charge on any atom is 0.314 e. The van der Waals surface area contributed by atoms with E-state index in [9.17, 15) is 18.9 Å². The zero-order valence-electron chi connectivity index (χ0n) is 12.4. The van der Waals surface area contributed by atoms with E-state index in [1.807, 2.05) is 30.3 Å². The van der Waals surface area contributed by atoms with Gasteiger partial charge in [0.1, 0.15) is 6.10 Å². The maximum absolute atomic E-state index is 13.7. The number of nitro groups is 1. The molecule has 0 aliphatic carbocycles. The molecule has 0 spiro atoms. The van der Waals surface area contributed by atoms with Crippen molar-refractivity contribution in [3.05, 3.63) is 69.8 Å². The van der Waals surface area contributed by atoms with E-state index in [1.165, 1.54) is 0 Å². The molecule has 0 aromatic heterocycles. The van der Waals surface area contributed by atoms with Crippen LogP contribution in [-0.2, 0) is 11.3 Å². The lowest BCUT2D eigenvalue weighted by atomic mass is 10.2. The lowest BCUT2D eigenvalue weighted by Crippen LogP contribution is -2.20. The van der Waals surface area contributed by atoms with Gasteiger partial charge in [-0.25, -0.2) is 4.39 Å². The van der Waals surface area contributed by atoms with Crippen LogP contribution in [0.1, 0.15) is 12.5 Å². The molecule has 1 atom stereocenters. The maximum atomic E-state index is 13.7. The van der Waals surface area contributed by atoms with Gasteiger partial charge < -0.3 is 9.47 Å². The summed E-state index contributed by atoms with van der Waals surface area (Å²) in [4.78, 5) is 10.0. The number of halogens is 2. The standard InChI is InChI=1S/C16H15F2NO4/c1-11(9-22-10-12-5-3-2-4-6-12)23-16-14(19(20)21)8-7-13(17)15(16)18/h2-8,11H,9-10H2,1H3. The molecule has 122 valence electrons. The molecule has 1 unspecified atom stereocenters. The van der Waals surface area contributed by atoms with E-state index in [4.69, 9.17) is 9.47 Å². The Hall–Kier alpha value is -2.54. The molecule has 0 fully saturated rings. The van der Waals surface area contributed by atoms with Crippen LogP contribution < -0.4 is 4.74 Å². The second-order valence-electron chi connectivity index (χ2n) is 4.90. The van der Waals surface area contributed by atoms with Crippen LogP contribution >= 0.6 is 0 Å². The fourth-order valence-corrected chi connectivity index (χ4v) is 1.93. The van der Waals surface area contributed by atoms with Crippen molar-refractivity contribution >= 4 is 5.69 Å². The average molecular weight is 323 g/mol. The molecule has 0 saturated carbocycles. The summed E-state index contributed by atoms with van der Waals surface area (Å²) in [6, 6.07) is 10.9. The van der Waals surface area contributed by atoms with Gasteiger partial charge in [-0.15, -0.1) is 0 Å². The molecule has 0 aliphatic rings. The largest absolute Gasteiger partial charge is 0.479 e. The second kappa shape index (κ2) is 7.64. The summed E-state index contributed by atoms with van der Waals surface area (Å²) in [7, 11) is 0. The molecule has 0 N–H and O–H groups in total. The SMILES string of the molecule is CC(COCc1ccccc1)Oc1c([N+](=O)[O-])ccc(F)c1F. The van der Waals surface area contributed by atoms with Crippen molar-refractivity contribution in [2.24, 2.45) is 0 Å². The molecular weight excluding hydrogens is 308 g/mol. The van der Waals surface area contributed by atoms with Gasteiger partial charge in [0.15, 0.2) is 5.82 Å². The Morgan fingerprint density at radius 3 is 2.52 bits per heavy atom. The summed E-state index contributed by atoms with van der Waals surface area (Å²) in [6.45, 7) is 1.95. The molecule has 23 heavy (non-hydrogen) atoms. The van der Waals surface area contributed by atoms with Gasteiger partial charge in [-0.05, 0) is 18.6 Å². The molecule has 5 nitrogen and oxygen atoms in total. The van der Waals surface area contributed by atoms with Gasteiger partial charge in [0.25, 0.3) is 0 Å². The summed E-state index contributed by atoms with van der Waals surface area (Å²) in [5, 5.41) is 10.9. The number of nitro benzene ring substituents is 1. The van der Waals surface area contributed by atoms with Gasteiger partial charge in [0.2, 0.25) is 11.6 Å². The molecular formula is C16H15F2NO4. The second-order valence-corrected chi connectivity index (χ2v) is 4.90. The van der Waals surface area contributed by atoms with Crippen molar-refractivity contribution in [2.45, 2.75) is 19.6 Å². The van der Waals surface area contributed by atoms with Gasteiger partial charge in [-0.1, -0.05) is 30.3 Å². The minimum absolute atomic E-state index is 0.0714. The fourth-order valence-electron chi connectivity index (χ4n) is 1.93. The Labute approximate surface area is 131 Å². The quantitative estimate of drug-likeness (QED) is 0.573. The highest BCUT2D eigenvalue weighted by Crippen LogP contribution is 2.32. The van der Waals surface area contributed by atoms with Crippen LogP contribution in [0.15, 0.2) is 42.5 Å². The van der Waals surface area contributed by atoms with E-state index < -0.39 is 34.1 Å². The molecule has 7 heteroatoms. The van der Waals surface area contributed by atoms with E-state index in [0.717, 1.165) is 11.6 Å². The van der Waals surface area contributed by atoms with Crippen molar-refractivity contribution in [2.75, 3.05) is 6.61 Å². The Kier molecular flexibility index (Phi) is 5.59. The van der Waals surface area contributed by atoms with E-state index in [2.05, 4.69) is 0 Å². The Morgan fingerprint density at radius 1 is 1.17 bits per heavy atom. The molecule has 2 aromatic rings. The highest BCUT2D eigenvalue weighted by atomic mass is 19.2. The minimum atomic E-state index is -1.38. The first kappa shape index (κ1) is 16.8. The summed E-state index contributed by atoms with van der Waals surface area (Å²) >= 11 is 0. The summed E-state index contributed by atoms with van der Waals surface area (Å²) in [5.74, 6) is -3.30. The molecule has 0 amide bonds. The Bertz CT molecular complexity index is 679. The first-order valence-corrected chi connectivity index (χ1v) is 6.89. The monoisotopic (exact) mass is 323 g/mol. The van der Waals surface area contributed by atoms with Crippen molar-refractivity contribution in [3.63, 3.8) is 0 Å². The third-order valence-electron chi connectivity index (χ3n) is 3.01. The summed E-state index contributed by atoms with van der Waals surface area (Å²) in [5.41, 5.74) is 0.321. The summed E-state index contributed by atoms with van der Waals surface area (Å²) < 4.78 is 37.6. The Balaban J connectivity index is 1.98. The lowest BCUT2D eigenvalue weighted by molar-refractivity contribution is -0.386. The lowest BCUT2D eigenvalue weighted by Gasteiger charge is -2.15. The molecule has 0 saturated heterocycles. The van der Waals surface area contributed by atoms with E-state index in [1.54, 1.807) is 6.92 Å². The number of ether oxygens (including phenoxy) is 2. The van der Waals surface area contributed by atoms with Crippen LogP contribution in [0.5, 0.6) is 5.75 Å². The average Bonchev–Trinajstić information content (AvgIpc) is 2.52. The topological polar surface area (TPSA) is 61.6 Å². The van der Waals surface area contributed by atoms with Crippen LogP contribution in [0.3, 0.4) is 0 Å². The first-order chi connectivity index (χ1) is 11.0. The first-order valence-electron chi connectivity index (χ1n) is 6.89. The molecule has 0 heterocycles. The number of benzene rings is 2. The zero-order chi connectivity index (χ0) is 16.8. The highest BCUT2D eigenvalue weighted by Gasteiger charge is 2.24. The third kappa shape index (κ3) is 4.46. The van der Waals surface area contributed by atoms with Gasteiger partial charge in [0.05, 0.1) is 18.1 Å². The molecule has 2 aromatic carbocycles. The van der Waals surface area contributed by atoms with E-state index >= 15 is 0 Å². The molecule has 0 bridgehead atoms. The Morgan fingerprint density at radius 2 is 1.87 bits per heavy atom. The normalized spacial score (nSPS) is 12.0. The highest BCUT2D eigenvalue weighted by molar-refractivity contribution is 5.47. The molecule has 0 aliphatic heterocycles. The van der Waals surface area contributed by atoms with Gasteiger partial charge in [-0.2, -0.15) is 4.39 Å². The van der Waals surface area contributed by atoms with Crippen LogP contribution in [0.4, 0.5) is 14.5 Å². The third-order valence-corrected chi connectivity index (χ3v) is 3.01. The van der Waals surface area contributed by atoms with E-state index in [0.29, 0.717) is 12.7 Å². The smallest absolute Gasteiger partial charge is 0.314 e. The fraction of sp³-hybridized carbons (Fsp3) is 0.250. The predicted octanol–water partition coefficient (Wildman–Crippen LogP) is 3.86. The molecule has 2 rings (SSSR count). The van der Waals surface area contributed by atoms with Crippen molar-refractivity contribution < 1.29 is 23.2 Å². The zero-order valence-corrected chi connectivity index (χ0v) is 12.4. The van der Waals surface area contributed by atoms with Gasteiger partial charge in [0, 0.05) is 6.07 Å². The number of rotatable bonds is 7. The van der Waals surface area contributed by atoms with Gasteiger partial charge in [-0.3, -0.25) is 10.1 Å².